The van der Waals surface area contributed by atoms with Crippen molar-refractivity contribution >= 4 is 46.5 Å². The highest BCUT2D eigenvalue weighted by Crippen LogP contribution is 2.21. The maximum absolute atomic E-state index is 13.6. The van der Waals surface area contributed by atoms with Gasteiger partial charge >= 0.3 is 0 Å². The lowest BCUT2D eigenvalue weighted by Gasteiger charge is -2.23. The summed E-state index contributed by atoms with van der Waals surface area (Å²) in [6.07, 6.45) is 5.36. The number of nitrogens with zero attached hydrogens (tertiary/aromatic N) is 4. The Morgan fingerprint density at radius 2 is 1.69 bits per heavy atom. The van der Waals surface area contributed by atoms with Crippen LogP contribution in [0.2, 0.25) is 0 Å². The average molecular weight is 577 g/mol. The minimum Gasteiger partial charge on any atom is -0.369 e. The molecule has 3 amide bonds. The highest BCUT2D eigenvalue weighted by Gasteiger charge is 2.21. The summed E-state index contributed by atoms with van der Waals surface area (Å²) in [7, 11) is 5.35. The van der Waals surface area contributed by atoms with Crippen molar-refractivity contribution in [2.45, 2.75) is 26.3 Å². The van der Waals surface area contributed by atoms with Gasteiger partial charge in [0, 0.05) is 49.5 Å². The molecule has 42 heavy (non-hydrogen) atoms. The van der Waals surface area contributed by atoms with Crippen LogP contribution in [0.4, 0.5) is 33.2 Å². The Bertz CT molecular complexity index is 1430. The van der Waals surface area contributed by atoms with Crippen LogP contribution in [0.25, 0.3) is 0 Å². The van der Waals surface area contributed by atoms with Gasteiger partial charge in [0.15, 0.2) is 0 Å². The Hall–Kier alpha value is -4.84. The van der Waals surface area contributed by atoms with Gasteiger partial charge in [0.2, 0.25) is 17.8 Å². The van der Waals surface area contributed by atoms with Gasteiger partial charge in [0.25, 0.3) is 5.91 Å². The maximum Gasteiger partial charge on any atom is 0.260 e. The molecule has 0 spiro atoms. The highest BCUT2D eigenvalue weighted by atomic mass is 19.1. The third-order valence-electron chi connectivity index (χ3n) is 6.08. The summed E-state index contributed by atoms with van der Waals surface area (Å²) in [5, 5.41) is 11.7. The monoisotopic (exact) mass is 576 g/mol. The van der Waals surface area contributed by atoms with Gasteiger partial charge in [-0.05, 0) is 63.8 Å². The Morgan fingerprint density at radius 3 is 2.38 bits per heavy atom. The largest absolute Gasteiger partial charge is 0.369 e. The second kappa shape index (κ2) is 15.2. The van der Waals surface area contributed by atoms with Crippen LogP contribution in [0.3, 0.4) is 0 Å². The van der Waals surface area contributed by atoms with E-state index in [0.717, 1.165) is 6.42 Å². The second-order valence-electron chi connectivity index (χ2n) is 9.83. The molecule has 0 unspecified atom stereocenters. The zero-order valence-corrected chi connectivity index (χ0v) is 24.4. The molecule has 3 rings (SSSR count). The number of aromatic nitrogens is 2. The van der Waals surface area contributed by atoms with Gasteiger partial charge in [0.05, 0.1) is 0 Å². The molecule has 1 heterocycles. The zero-order valence-electron chi connectivity index (χ0n) is 24.4. The molecule has 222 valence electrons. The highest BCUT2D eigenvalue weighted by molar-refractivity contribution is 6.08. The van der Waals surface area contributed by atoms with Crippen molar-refractivity contribution in [3.63, 3.8) is 0 Å². The molecule has 11 nitrogen and oxygen atoms in total. The van der Waals surface area contributed by atoms with Crippen LogP contribution >= 0.6 is 0 Å². The first-order chi connectivity index (χ1) is 20.1. The van der Waals surface area contributed by atoms with E-state index in [0.29, 0.717) is 36.0 Å². The number of benzene rings is 2. The van der Waals surface area contributed by atoms with Crippen LogP contribution in [0, 0.1) is 5.82 Å². The Balaban J connectivity index is 1.69. The fourth-order valence-electron chi connectivity index (χ4n) is 3.65. The molecule has 0 fully saturated rings. The topological polar surface area (TPSA) is 132 Å². The van der Waals surface area contributed by atoms with E-state index in [1.54, 1.807) is 56.4 Å². The first kappa shape index (κ1) is 31.7. The Morgan fingerprint density at radius 1 is 1.00 bits per heavy atom. The average Bonchev–Trinajstić information content (AvgIpc) is 2.95. The molecule has 0 aliphatic carbocycles. The molecule has 0 bridgehead atoms. The third-order valence-corrected chi connectivity index (χ3v) is 6.08. The minimum absolute atomic E-state index is 0.200. The number of halogens is 1. The number of nitrogens with one attached hydrogen (secondary N) is 4. The summed E-state index contributed by atoms with van der Waals surface area (Å²) in [6.45, 7) is 4.79. The van der Waals surface area contributed by atoms with Crippen molar-refractivity contribution in [3.05, 3.63) is 78.3 Å². The van der Waals surface area contributed by atoms with E-state index in [-0.39, 0.29) is 23.3 Å². The molecule has 0 saturated carbocycles. The van der Waals surface area contributed by atoms with E-state index in [2.05, 4.69) is 31.2 Å². The lowest BCUT2D eigenvalue weighted by molar-refractivity contribution is -0.132. The summed E-state index contributed by atoms with van der Waals surface area (Å²) >= 11 is 0. The van der Waals surface area contributed by atoms with Crippen LogP contribution in [-0.4, -0.2) is 77.8 Å². The third kappa shape index (κ3) is 9.37. The van der Waals surface area contributed by atoms with Gasteiger partial charge in [-0.1, -0.05) is 25.1 Å². The summed E-state index contributed by atoms with van der Waals surface area (Å²) in [6, 6.07) is 11.8. The molecule has 0 saturated heterocycles. The molecular formula is C30H37FN8O3. The lowest BCUT2D eigenvalue weighted by atomic mass is 10.2. The lowest BCUT2D eigenvalue weighted by Crippen LogP contribution is -2.42. The molecule has 2 aromatic carbocycles. The van der Waals surface area contributed by atoms with E-state index in [4.69, 9.17) is 0 Å². The van der Waals surface area contributed by atoms with Crippen molar-refractivity contribution in [3.8, 4) is 0 Å². The summed E-state index contributed by atoms with van der Waals surface area (Å²) in [4.78, 5) is 50.4. The van der Waals surface area contributed by atoms with Crippen molar-refractivity contribution < 1.29 is 18.8 Å². The van der Waals surface area contributed by atoms with Crippen molar-refractivity contribution in [2.75, 3.05) is 55.5 Å². The van der Waals surface area contributed by atoms with Crippen LogP contribution in [0.15, 0.2) is 66.9 Å². The van der Waals surface area contributed by atoms with Crippen LogP contribution in [0.5, 0.6) is 0 Å². The van der Waals surface area contributed by atoms with Gasteiger partial charge in [0.1, 0.15) is 23.2 Å². The quantitative estimate of drug-likeness (QED) is 0.221. The van der Waals surface area contributed by atoms with Crippen molar-refractivity contribution in [1.82, 2.24) is 19.8 Å². The number of carbonyl (C=O) groups excluding carboxylic acids is 3. The summed E-state index contributed by atoms with van der Waals surface area (Å²) in [5.74, 6) is -1.01. The molecule has 4 N–H and O–H groups in total. The van der Waals surface area contributed by atoms with E-state index in [1.165, 1.54) is 29.3 Å². The maximum atomic E-state index is 13.6. The van der Waals surface area contributed by atoms with E-state index >= 15 is 0 Å². The molecule has 0 aliphatic rings. The summed E-state index contributed by atoms with van der Waals surface area (Å²) < 4.78 is 13.6. The van der Waals surface area contributed by atoms with Crippen LogP contribution < -0.4 is 21.3 Å². The number of carbonyl (C=O) groups is 3. The predicted octanol–water partition coefficient (Wildman–Crippen LogP) is 4.34. The van der Waals surface area contributed by atoms with Crippen LogP contribution in [-0.2, 0) is 9.59 Å². The van der Waals surface area contributed by atoms with Crippen LogP contribution in [0.1, 0.15) is 30.6 Å². The Kier molecular flexibility index (Phi) is 11.5. The normalized spacial score (nSPS) is 11.7. The smallest absolute Gasteiger partial charge is 0.260 e. The second-order valence-corrected chi connectivity index (χ2v) is 9.83. The number of amides is 3. The van der Waals surface area contributed by atoms with Gasteiger partial charge in [-0.2, -0.15) is 4.98 Å². The first-order valence-corrected chi connectivity index (χ1v) is 13.5. The fraction of sp³-hybridized carbons (Fsp3) is 0.300. The predicted molar refractivity (Wildman–Crippen MR) is 163 cm³/mol. The molecule has 0 aliphatic heterocycles. The van der Waals surface area contributed by atoms with Crippen molar-refractivity contribution in [2.24, 2.45) is 0 Å². The number of likely N-dealkylation sites (N-methyl/N-ethyl adjacent to an activating group) is 2. The molecule has 12 heteroatoms. The van der Waals surface area contributed by atoms with Gasteiger partial charge in [-0.15, -0.1) is 0 Å². The first-order valence-electron chi connectivity index (χ1n) is 13.5. The number of hydrogen-bond donors (Lipinski definition) is 4. The van der Waals surface area contributed by atoms with Crippen molar-refractivity contribution in [1.29, 1.82) is 0 Å². The fourth-order valence-corrected chi connectivity index (χ4v) is 3.65. The van der Waals surface area contributed by atoms with E-state index < -0.39 is 17.8 Å². The molecule has 0 radical (unpaired) electrons. The SMILES string of the molecule is CCCNc1nc(Nc2cccc(F)c2)ncc1C(=O)Nc1cccc(NC(=O)[C@H](C)N(C)C(=O)/C=C/CN(C)C)c1. The Labute approximate surface area is 245 Å². The molecular weight excluding hydrogens is 539 g/mol. The standard InChI is InChI=1S/C30H37FN8O3/c1-6-15-32-27-25(19-33-30(37-27)36-22-11-7-10-21(31)17-22)29(42)35-24-13-8-12-23(18-24)34-28(41)20(2)39(5)26(40)14-9-16-38(3)4/h7-14,17-20H,6,15-16H2,1-5H3,(H,34,41)(H,35,42)(H2,32,33,36,37)/b14-9+/t20-/m0/s1. The van der Waals surface area contributed by atoms with Gasteiger partial charge < -0.3 is 31.1 Å². The van der Waals surface area contributed by atoms with Gasteiger partial charge in [-0.3, -0.25) is 14.4 Å². The number of anilines is 5. The molecule has 1 aromatic heterocycles. The molecule has 3 aromatic rings. The van der Waals surface area contributed by atoms with E-state index in [1.807, 2.05) is 25.9 Å². The summed E-state index contributed by atoms with van der Waals surface area (Å²) in [5.41, 5.74) is 1.56. The molecule has 1 atom stereocenters. The minimum atomic E-state index is -0.733. The van der Waals surface area contributed by atoms with Gasteiger partial charge in [-0.25, -0.2) is 9.37 Å². The number of hydrogen-bond acceptors (Lipinski definition) is 8. The number of rotatable bonds is 13. The van der Waals surface area contributed by atoms with E-state index in [9.17, 15) is 18.8 Å². The zero-order chi connectivity index (χ0) is 30.6.